The highest BCUT2D eigenvalue weighted by Crippen LogP contribution is 2.52. The van der Waals surface area contributed by atoms with Crippen LogP contribution in [0.25, 0.3) is 0 Å². The second kappa shape index (κ2) is 6.10. The van der Waals surface area contributed by atoms with Crippen LogP contribution in [0, 0.1) is 11.8 Å². The molecule has 0 aliphatic carbocycles. The van der Waals surface area contributed by atoms with Gasteiger partial charge in [-0.05, 0) is 42.3 Å². The first-order valence-corrected chi connectivity index (χ1v) is 9.83. The Hall–Kier alpha value is -2.80. The van der Waals surface area contributed by atoms with Crippen molar-refractivity contribution in [2.45, 2.75) is 19.0 Å². The van der Waals surface area contributed by atoms with Gasteiger partial charge in [0.1, 0.15) is 6.04 Å². The van der Waals surface area contributed by atoms with Crippen molar-refractivity contribution in [1.29, 1.82) is 0 Å². The Balaban J connectivity index is 1.65. The lowest BCUT2D eigenvalue weighted by atomic mass is 9.84. The minimum atomic E-state index is -0.739. The summed E-state index contributed by atoms with van der Waals surface area (Å²) < 4.78 is 0.860. The van der Waals surface area contributed by atoms with Gasteiger partial charge in [-0.2, -0.15) is 5.10 Å². The largest absolute Gasteiger partial charge is 0.298 e. The average molecular weight is 438 g/mol. The molecule has 2 fully saturated rings. The van der Waals surface area contributed by atoms with E-state index in [1.807, 2.05) is 24.3 Å². The Morgan fingerprint density at radius 2 is 1.68 bits per heavy atom. The van der Waals surface area contributed by atoms with Gasteiger partial charge in [-0.25, -0.2) is 4.90 Å². The molecule has 4 atom stereocenters. The summed E-state index contributed by atoms with van der Waals surface area (Å²) in [7, 11) is 0. The maximum atomic E-state index is 13.4. The summed E-state index contributed by atoms with van der Waals surface area (Å²) in [5.74, 6) is -2.14. The number of nitrogens with zero attached hydrogens (tertiary/aromatic N) is 3. The number of fused-ring (bicyclic) bond motifs is 5. The molecule has 3 aliphatic heterocycles. The van der Waals surface area contributed by atoms with Gasteiger partial charge < -0.3 is 0 Å². The maximum absolute atomic E-state index is 13.4. The molecule has 0 saturated carbocycles. The van der Waals surface area contributed by atoms with Gasteiger partial charge >= 0.3 is 0 Å². The quantitative estimate of drug-likeness (QED) is 0.677. The Morgan fingerprint density at radius 3 is 2.39 bits per heavy atom. The van der Waals surface area contributed by atoms with Crippen LogP contribution in [-0.2, 0) is 14.4 Å². The Kier molecular flexibility index (Phi) is 3.77. The lowest BCUT2D eigenvalue weighted by molar-refractivity contribution is -0.129. The van der Waals surface area contributed by atoms with E-state index in [1.54, 1.807) is 35.5 Å². The molecule has 28 heavy (non-hydrogen) atoms. The van der Waals surface area contributed by atoms with E-state index in [0.29, 0.717) is 5.69 Å². The third kappa shape index (κ3) is 2.26. The number of hydrogen-bond donors (Lipinski definition) is 0. The van der Waals surface area contributed by atoms with E-state index in [-0.39, 0.29) is 17.6 Å². The van der Waals surface area contributed by atoms with E-state index in [1.165, 1.54) is 11.8 Å². The zero-order chi connectivity index (χ0) is 19.6. The molecule has 0 unspecified atom stereocenters. The molecule has 5 rings (SSSR count). The number of halogens is 1. The molecular weight excluding hydrogens is 422 g/mol. The average Bonchev–Trinajstić information content (AvgIpc) is 3.16. The number of imide groups is 1. The summed E-state index contributed by atoms with van der Waals surface area (Å²) in [6.45, 7) is 1.46. The van der Waals surface area contributed by atoms with Crippen LogP contribution in [0.4, 0.5) is 5.69 Å². The monoisotopic (exact) mass is 437 g/mol. The van der Waals surface area contributed by atoms with Crippen molar-refractivity contribution in [3.63, 3.8) is 0 Å². The molecule has 140 valence electrons. The minimum absolute atomic E-state index is 0.159. The number of hydrazone groups is 1. The summed E-state index contributed by atoms with van der Waals surface area (Å²) in [4.78, 5) is 40.5. The van der Waals surface area contributed by atoms with Gasteiger partial charge in [0.05, 0.1) is 29.8 Å². The summed E-state index contributed by atoms with van der Waals surface area (Å²) >= 11 is 3.37. The van der Waals surface area contributed by atoms with Gasteiger partial charge in [-0.15, -0.1) is 0 Å². The number of anilines is 1. The van der Waals surface area contributed by atoms with Crippen molar-refractivity contribution in [2.24, 2.45) is 16.9 Å². The first-order chi connectivity index (χ1) is 13.5. The molecule has 3 aliphatic rings. The second-order valence-corrected chi connectivity index (χ2v) is 8.21. The van der Waals surface area contributed by atoms with Crippen LogP contribution >= 0.6 is 15.9 Å². The van der Waals surface area contributed by atoms with Crippen molar-refractivity contribution in [1.82, 2.24) is 5.01 Å². The Labute approximate surface area is 169 Å². The highest BCUT2D eigenvalue weighted by molar-refractivity contribution is 9.10. The fourth-order valence-electron chi connectivity index (χ4n) is 4.67. The van der Waals surface area contributed by atoms with Gasteiger partial charge in [0, 0.05) is 4.47 Å². The standard InChI is InChI=1S/C21H16BrN3O3/c1-11(26)18-16-17(19-15-5-3-2-4-12(15)10-23-25(18)19)21(28)24(20(16)27)14-8-6-13(22)7-9-14/h2-10,16-19H,1H3/t16-,17+,18-,19-/m0/s1. The van der Waals surface area contributed by atoms with Crippen LogP contribution in [0.2, 0.25) is 0 Å². The number of benzene rings is 2. The zero-order valence-corrected chi connectivity index (χ0v) is 16.5. The molecule has 6 nitrogen and oxygen atoms in total. The Morgan fingerprint density at radius 1 is 1.00 bits per heavy atom. The molecular formula is C21H16BrN3O3. The summed E-state index contributed by atoms with van der Waals surface area (Å²) in [5, 5.41) is 6.12. The number of Topliss-reactive ketones (excluding diaryl/α,β-unsaturated/α-hetero) is 1. The topological polar surface area (TPSA) is 70.0 Å². The van der Waals surface area contributed by atoms with Gasteiger partial charge in [-0.1, -0.05) is 40.2 Å². The van der Waals surface area contributed by atoms with E-state index in [9.17, 15) is 14.4 Å². The normalized spacial score (nSPS) is 27.6. The summed E-state index contributed by atoms with van der Waals surface area (Å²) in [6.07, 6.45) is 1.70. The number of ketones is 1. The molecule has 2 saturated heterocycles. The van der Waals surface area contributed by atoms with Crippen LogP contribution in [0.1, 0.15) is 24.1 Å². The number of hydrogen-bond acceptors (Lipinski definition) is 5. The van der Waals surface area contributed by atoms with Crippen molar-refractivity contribution in [2.75, 3.05) is 4.90 Å². The molecule has 7 heteroatoms. The van der Waals surface area contributed by atoms with Gasteiger partial charge in [0.15, 0.2) is 5.78 Å². The van der Waals surface area contributed by atoms with Gasteiger partial charge in [-0.3, -0.25) is 19.4 Å². The smallest absolute Gasteiger partial charge is 0.240 e. The zero-order valence-electron chi connectivity index (χ0n) is 14.9. The number of carbonyl (C=O) groups is 3. The summed E-state index contributed by atoms with van der Waals surface area (Å²) in [6, 6.07) is 13.6. The van der Waals surface area contributed by atoms with Crippen molar-refractivity contribution in [3.8, 4) is 0 Å². The predicted octanol–water partition coefficient (Wildman–Crippen LogP) is 2.92. The first kappa shape index (κ1) is 17.3. The molecule has 0 N–H and O–H groups in total. The predicted molar refractivity (Wildman–Crippen MR) is 107 cm³/mol. The number of carbonyl (C=O) groups excluding carboxylic acids is 3. The third-order valence-electron chi connectivity index (χ3n) is 5.79. The molecule has 0 spiro atoms. The first-order valence-electron chi connectivity index (χ1n) is 9.04. The van der Waals surface area contributed by atoms with Crippen LogP contribution in [-0.4, -0.2) is 34.9 Å². The van der Waals surface area contributed by atoms with Crippen LogP contribution in [0.5, 0.6) is 0 Å². The maximum Gasteiger partial charge on any atom is 0.240 e. The highest BCUT2D eigenvalue weighted by Gasteiger charge is 2.64. The fraction of sp³-hybridized carbons (Fsp3) is 0.238. The van der Waals surface area contributed by atoms with Crippen molar-refractivity contribution in [3.05, 3.63) is 64.1 Å². The molecule has 2 amide bonds. The lowest BCUT2D eigenvalue weighted by Gasteiger charge is -2.33. The van der Waals surface area contributed by atoms with Crippen molar-refractivity contribution >= 4 is 45.4 Å². The Bertz CT molecular complexity index is 1050. The number of rotatable bonds is 2. The van der Waals surface area contributed by atoms with Gasteiger partial charge in [0.2, 0.25) is 11.8 Å². The SMILES string of the molecule is CC(=O)[C@H]1[C@H]2C(=O)N(c3ccc(Br)cc3)C(=O)[C@H]2[C@@H]2c3ccccc3C=NN12. The van der Waals surface area contributed by atoms with Crippen molar-refractivity contribution < 1.29 is 14.4 Å². The second-order valence-electron chi connectivity index (χ2n) is 7.29. The minimum Gasteiger partial charge on any atom is -0.298 e. The molecule has 0 radical (unpaired) electrons. The fourth-order valence-corrected chi connectivity index (χ4v) is 4.93. The van der Waals surface area contributed by atoms with E-state index in [2.05, 4.69) is 21.0 Å². The lowest BCUT2D eigenvalue weighted by Crippen LogP contribution is -2.43. The van der Waals surface area contributed by atoms with E-state index in [0.717, 1.165) is 15.6 Å². The molecule has 2 aromatic carbocycles. The van der Waals surface area contributed by atoms with Crippen LogP contribution < -0.4 is 4.90 Å². The third-order valence-corrected chi connectivity index (χ3v) is 6.32. The van der Waals surface area contributed by atoms with E-state index in [4.69, 9.17) is 0 Å². The summed E-state index contributed by atoms with van der Waals surface area (Å²) in [5.41, 5.74) is 2.36. The van der Waals surface area contributed by atoms with Gasteiger partial charge in [0.25, 0.3) is 0 Å². The molecule has 3 heterocycles. The van der Waals surface area contributed by atoms with Crippen LogP contribution in [0.15, 0.2) is 58.1 Å². The molecule has 2 aromatic rings. The van der Waals surface area contributed by atoms with E-state index >= 15 is 0 Å². The molecule has 0 aromatic heterocycles. The van der Waals surface area contributed by atoms with E-state index < -0.39 is 23.9 Å². The highest BCUT2D eigenvalue weighted by atomic mass is 79.9. The molecule has 0 bridgehead atoms. The number of amides is 2. The van der Waals surface area contributed by atoms with Crippen LogP contribution in [0.3, 0.4) is 0 Å².